The van der Waals surface area contributed by atoms with Crippen molar-refractivity contribution in [1.82, 2.24) is 14.5 Å². The predicted molar refractivity (Wildman–Crippen MR) is 114 cm³/mol. The Morgan fingerprint density at radius 1 is 1.22 bits per heavy atom. The molecule has 1 aliphatic heterocycles. The van der Waals surface area contributed by atoms with Crippen molar-refractivity contribution in [1.29, 1.82) is 0 Å². The van der Waals surface area contributed by atoms with Crippen LogP contribution in [0.15, 0.2) is 30.5 Å². The van der Waals surface area contributed by atoms with Crippen molar-refractivity contribution in [2.24, 2.45) is 5.92 Å². The fourth-order valence-electron chi connectivity index (χ4n) is 4.41. The molecule has 0 fully saturated rings. The number of benzene rings is 1. The van der Waals surface area contributed by atoms with Crippen LogP contribution in [0.4, 0.5) is 19.1 Å². The fraction of sp³-hybridized carbons (Fsp3) is 0.429. The summed E-state index contributed by atoms with van der Waals surface area (Å²) < 4.78 is 62.4. The smallest absolute Gasteiger partial charge is 0.392 e. The van der Waals surface area contributed by atoms with Crippen molar-refractivity contribution in [3.05, 3.63) is 53.0 Å². The van der Waals surface area contributed by atoms with Crippen LogP contribution in [0.2, 0.25) is 0 Å². The third kappa shape index (κ3) is 4.12. The lowest BCUT2D eigenvalue weighted by atomic mass is 9.97. The molecule has 0 radical (unpaired) electrons. The minimum Gasteiger partial charge on any atom is -0.392 e. The Bertz CT molecular complexity index is 1180. The third-order valence-electron chi connectivity index (χ3n) is 5.73. The van der Waals surface area contributed by atoms with Gasteiger partial charge in [0.15, 0.2) is 11.1 Å². The first-order valence-electron chi connectivity index (χ1n) is 10.1. The van der Waals surface area contributed by atoms with Gasteiger partial charge in [-0.1, -0.05) is 13.8 Å². The van der Waals surface area contributed by atoms with E-state index in [1.165, 1.54) is 0 Å². The maximum absolute atomic E-state index is 13.2. The van der Waals surface area contributed by atoms with Gasteiger partial charge in [0.25, 0.3) is 0 Å². The zero-order chi connectivity index (χ0) is 23.2. The van der Waals surface area contributed by atoms with Crippen LogP contribution in [0.25, 0.3) is 10.9 Å². The number of alkyl halides is 3. The van der Waals surface area contributed by atoms with E-state index >= 15 is 0 Å². The van der Waals surface area contributed by atoms with Crippen molar-refractivity contribution in [2.75, 3.05) is 11.4 Å². The van der Waals surface area contributed by atoms with Crippen molar-refractivity contribution in [2.45, 2.75) is 45.0 Å². The average molecular weight is 469 g/mol. The summed E-state index contributed by atoms with van der Waals surface area (Å²) in [5.41, 5.74) is 1.93. The highest BCUT2D eigenvalue weighted by atomic mass is 32.2. The van der Waals surface area contributed by atoms with Gasteiger partial charge in [-0.3, -0.25) is 0 Å². The summed E-state index contributed by atoms with van der Waals surface area (Å²) in [7, 11) is 0. The number of hydrogen-bond acceptors (Lipinski definition) is 5. The molecule has 0 amide bonds. The summed E-state index contributed by atoms with van der Waals surface area (Å²) in [4.78, 5) is 9.70. The summed E-state index contributed by atoms with van der Waals surface area (Å²) in [6, 6.07) is 6.15. The van der Waals surface area contributed by atoms with Crippen molar-refractivity contribution < 1.29 is 27.0 Å². The Kier molecular flexibility index (Phi) is 5.99. The number of aromatic nitrogens is 3. The van der Waals surface area contributed by atoms with E-state index in [1.807, 2.05) is 26.0 Å². The molecule has 3 heterocycles. The maximum atomic E-state index is 13.2. The summed E-state index contributed by atoms with van der Waals surface area (Å²) >= 11 is -2.05. The highest BCUT2D eigenvalue weighted by Crippen LogP contribution is 2.39. The highest BCUT2D eigenvalue weighted by Gasteiger charge is 2.36. The van der Waals surface area contributed by atoms with Crippen LogP contribution in [0.3, 0.4) is 0 Å². The van der Waals surface area contributed by atoms with Gasteiger partial charge in [0.05, 0.1) is 18.4 Å². The predicted octanol–water partition coefficient (Wildman–Crippen LogP) is 3.88. The SMILES string of the molecule is CC(C)[C@@H]1c2cc3cc(CO)c(CS(=O)O)cc3n2CCN1c1nccc(C(F)(F)F)n1. The molecule has 0 saturated carbocycles. The average Bonchev–Trinajstić information content (AvgIpc) is 3.08. The molecule has 1 aliphatic rings. The molecule has 3 aromatic rings. The highest BCUT2D eigenvalue weighted by molar-refractivity contribution is 7.78. The van der Waals surface area contributed by atoms with Gasteiger partial charge in [-0.05, 0) is 41.3 Å². The van der Waals surface area contributed by atoms with Gasteiger partial charge in [0, 0.05) is 35.9 Å². The number of fused-ring (bicyclic) bond motifs is 3. The van der Waals surface area contributed by atoms with Crippen LogP contribution in [0, 0.1) is 5.92 Å². The van der Waals surface area contributed by atoms with Crippen LogP contribution in [-0.2, 0) is 36.2 Å². The third-order valence-corrected chi connectivity index (χ3v) is 6.29. The molecule has 4 rings (SSSR count). The molecule has 0 saturated heterocycles. The van der Waals surface area contributed by atoms with Crippen LogP contribution in [-0.4, -0.2) is 34.9 Å². The Labute approximate surface area is 185 Å². The Morgan fingerprint density at radius 3 is 2.59 bits per heavy atom. The van der Waals surface area contributed by atoms with E-state index in [9.17, 15) is 27.0 Å². The molecule has 0 bridgehead atoms. The lowest BCUT2D eigenvalue weighted by Gasteiger charge is -2.39. The second-order valence-electron chi connectivity index (χ2n) is 8.15. The summed E-state index contributed by atoms with van der Waals surface area (Å²) in [6.07, 6.45) is -3.43. The molecular formula is C21H23F3N4O3S. The molecule has 1 unspecified atom stereocenters. The molecular weight excluding hydrogens is 445 g/mol. The van der Waals surface area contributed by atoms with E-state index in [0.717, 1.165) is 28.9 Å². The molecule has 32 heavy (non-hydrogen) atoms. The zero-order valence-corrected chi connectivity index (χ0v) is 18.3. The molecule has 11 heteroatoms. The molecule has 7 nitrogen and oxygen atoms in total. The maximum Gasteiger partial charge on any atom is 0.433 e. The van der Waals surface area contributed by atoms with Gasteiger partial charge in [0.1, 0.15) is 5.69 Å². The summed E-state index contributed by atoms with van der Waals surface area (Å²) in [6.45, 7) is 4.60. The van der Waals surface area contributed by atoms with Gasteiger partial charge in [0.2, 0.25) is 5.95 Å². The van der Waals surface area contributed by atoms with E-state index in [1.54, 1.807) is 11.0 Å². The first-order valence-corrected chi connectivity index (χ1v) is 11.4. The number of halogens is 3. The summed E-state index contributed by atoms with van der Waals surface area (Å²) in [5.74, 6) is -0.0230. The van der Waals surface area contributed by atoms with Crippen molar-refractivity contribution in [3.8, 4) is 0 Å². The number of hydrogen-bond donors (Lipinski definition) is 2. The molecule has 2 N–H and O–H groups in total. The van der Waals surface area contributed by atoms with Crippen molar-refractivity contribution in [3.63, 3.8) is 0 Å². The fourth-order valence-corrected chi connectivity index (χ4v) is 4.94. The van der Waals surface area contributed by atoms with Gasteiger partial charge < -0.3 is 19.1 Å². The lowest BCUT2D eigenvalue weighted by molar-refractivity contribution is -0.141. The van der Waals surface area contributed by atoms with E-state index in [-0.39, 0.29) is 30.3 Å². The Morgan fingerprint density at radius 2 is 1.97 bits per heavy atom. The molecule has 2 aromatic heterocycles. The minimum atomic E-state index is -4.56. The van der Waals surface area contributed by atoms with Crippen LogP contribution in [0.5, 0.6) is 0 Å². The topological polar surface area (TPSA) is 91.5 Å². The number of rotatable bonds is 5. The van der Waals surface area contributed by atoms with Gasteiger partial charge in [-0.2, -0.15) is 13.2 Å². The summed E-state index contributed by atoms with van der Waals surface area (Å²) in [5, 5.41) is 10.6. The van der Waals surface area contributed by atoms with Crippen molar-refractivity contribution >= 4 is 27.9 Å². The van der Waals surface area contributed by atoms with E-state index in [0.29, 0.717) is 24.2 Å². The van der Waals surface area contributed by atoms with Crippen LogP contribution >= 0.6 is 0 Å². The molecule has 172 valence electrons. The monoisotopic (exact) mass is 468 g/mol. The van der Waals surface area contributed by atoms with E-state index < -0.39 is 23.0 Å². The van der Waals surface area contributed by atoms with Crippen LogP contribution in [0.1, 0.15) is 42.4 Å². The zero-order valence-electron chi connectivity index (χ0n) is 17.5. The Balaban J connectivity index is 1.82. The molecule has 0 spiro atoms. The minimum absolute atomic E-state index is 0.0300. The number of nitrogens with zero attached hydrogens (tertiary/aromatic N) is 4. The second kappa shape index (κ2) is 8.45. The molecule has 2 atom stereocenters. The quantitative estimate of drug-likeness (QED) is 0.553. The first-order chi connectivity index (χ1) is 15.1. The normalized spacial score (nSPS) is 17.8. The first kappa shape index (κ1) is 22.7. The van der Waals surface area contributed by atoms with E-state index in [2.05, 4.69) is 14.5 Å². The number of aliphatic hydroxyl groups is 1. The Hall–Kier alpha value is -2.50. The van der Waals surface area contributed by atoms with Crippen LogP contribution < -0.4 is 4.90 Å². The largest absolute Gasteiger partial charge is 0.433 e. The van der Waals surface area contributed by atoms with Gasteiger partial charge in [-0.15, -0.1) is 0 Å². The number of aliphatic hydroxyl groups excluding tert-OH is 1. The van der Waals surface area contributed by atoms with E-state index in [4.69, 9.17) is 0 Å². The lowest BCUT2D eigenvalue weighted by Crippen LogP contribution is -2.41. The van der Waals surface area contributed by atoms with Gasteiger partial charge in [-0.25, -0.2) is 14.2 Å². The number of anilines is 1. The molecule has 0 aliphatic carbocycles. The molecule has 1 aromatic carbocycles. The second-order valence-corrected chi connectivity index (χ2v) is 9.08. The van der Waals surface area contributed by atoms with Gasteiger partial charge >= 0.3 is 6.18 Å². The standard InChI is InChI=1S/C21H23F3N4O3S/c1-12(2)19-17-8-13-7-14(10-29)15(11-32(30)31)9-16(13)27(17)5-6-28(19)20-25-4-3-18(26-20)21(22,23)24/h3-4,7-9,12,19,29H,5-6,10-11H2,1-2H3,(H,30,31)/t19-/m1/s1.